The largest absolute Gasteiger partial charge is 0.343 e. The van der Waals surface area contributed by atoms with E-state index in [1.165, 1.54) is 12.0 Å². The van der Waals surface area contributed by atoms with Gasteiger partial charge in [0.15, 0.2) is 5.82 Å². The van der Waals surface area contributed by atoms with Gasteiger partial charge in [0.2, 0.25) is 6.39 Å². The number of benzene rings is 1. The molecule has 2 heterocycles. The predicted octanol–water partition coefficient (Wildman–Crippen LogP) is 1.55. The Bertz CT molecular complexity index is 601. The maximum atomic E-state index is 4.66. The standard InChI is InChI=1S/C13H13N5O/c1-6-16-18(7-1)12-4-2-11(3-5-12)8-14-9-13-15-10-19-17-13/h1-7,10,14H,8-9H2. The van der Waals surface area contributed by atoms with Crippen molar-refractivity contribution >= 4 is 0 Å². The number of aromatic nitrogens is 4. The van der Waals surface area contributed by atoms with E-state index in [-0.39, 0.29) is 0 Å². The van der Waals surface area contributed by atoms with Crippen molar-refractivity contribution in [3.05, 3.63) is 60.5 Å². The minimum absolute atomic E-state index is 0.595. The average molecular weight is 255 g/mol. The van der Waals surface area contributed by atoms with Crippen molar-refractivity contribution < 1.29 is 4.52 Å². The van der Waals surface area contributed by atoms with Crippen LogP contribution in [0.4, 0.5) is 0 Å². The van der Waals surface area contributed by atoms with E-state index in [0.717, 1.165) is 12.2 Å². The second kappa shape index (κ2) is 5.45. The molecular weight excluding hydrogens is 242 g/mol. The van der Waals surface area contributed by atoms with Crippen LogP contribution >= 0.6 is 0 Å². The molecule has 0 aliphatic heterocycles. The first kappa shape index (κ1) is 11.6. The van der Waals surface area contributed by atoms with Gasteiger partial charge in [0.05, 0.1) is 12.2 Å². The second-order valence-corrected chi connectivity index (χ2v) is 4.07. The van der Waals surface area contributed by atoms with Gasteiger partial charge in [-0.2, -0.15) is 10.1 Å². The molecule has 19 heavy (non-hydrogen) atoms. The molecule has 0 amide bonds. The maximum absolute atomic E-state index is 4.66. The van der Waals surface area contributed by atoms with E-state index in [1.54, 1.807) is 6.20 Å². The summed E-state index contributed by atoms with van der Waals surface area (Å²) in [5.74, 6) is 0.660. The van der Waals surface area contributed by atoms with Gasteiger partial charge in [-0.05, 0) is 23.8 Å². The Hall–Kier alpha value is -2.47. The Kier molecular flexibility index (Phi) is 3.33. The Balaban J connectivity index is 1.57. The Labute approximate surface area is 110 Å². The fraction of sp³-hybridized carbons (Fsp3) is 0.154. The number of rotatable bonds is 5. The molecule has 3 aromatic rings. The van der Waals surface area contributed by atoms with Gasteiger partial charge in [-0.25, -0.2) is 4.68 Å². The lowest BCUT2D eigenvalue weighted by Crippen LogP contribution is -2.13. The van der Waals surface area contributed by atoms with Crippen molar-refractivity contribution in [3.8, 4) is 5.69 Å². The zero-order valence-electron chi connectivity index (χ0n) is 10.2. The summed E-state index contributed by atoms with van der Waals surface area (Å²) in [6.07, 6.45) is 5.01. The quantitative estimate of drug-likeness (QED) is 0.749. The molecule has 1 aromatic carbocycles. The van der Waals surface area contributed by atoms with Crippen LogP contribution in [0, 0.1) is 0 Å². The number of hydrogen-bond acceptors (Lipinski definition) is 5. The van der Waals surface area contributed by atoms with Gasteiger partial charge in [-0.3, -0.25) is 0 Å². The van der Waals surface area contributed by atoms with Crippen LogP contribution in [0.25, 0.3) is 5.69 Å². The summed E-state index contributed by atoms with van der Waals surface area (Å²) in [6.45, 7) is 1.35. The lowest BCUT2D eigenvalue weighted by atomic mass is 10.2. The molecule has 0 spiro atoms. The van der Waals surface area contributed by atoms with Crippen molar-refractivity contribution in [2.75, 3.05) is 0 Å². The van der Waals surface area contributed by atoms with Gasteiger partial charge >= 0.3 is 0 Å². The molecule has 0 saturated heterocycles. The SMILES string of the molecule is c1cnn(-c2ccc(CNCc3ncon3)cc2)c1. The smallest absolute Gasteiger partial charge is 0.213 e. The van der Waals surface area contributed by atoms with Crippen LogP contribution in [0.3, 0.4) is 0 Å². The van der Waals surface area contributed by atoms with E-state index in [2.05, 4.69) is 37.2 Å². The molecule has 0 bridgehead atoms. The van der Waals surface area contributed by atoms with Crippen LogP contribution in [0.5, 0.6) is 0 Å². The highest BCUT2D eigenvalue weighted by atomic mass is 16.5. The zero-order valence-corrected chi connectivity index (χ0v) is 10.2. The summed E-state index contributed by atoms with van der Waals surface area (Å²) in [6, 6.07) is 10.1. The number of hydrogen-bond donors (Lipinski definition) is 1. The third kappa shape index (κ3) is 2.86. The average Bonchev–Trinajstić information content (AvgIpc) is 3.13. The molecule has 0 unspecified atom stereocenters. The summed E-state index contributed by atoms with van der Waals surface area (Å²) in [5, 5.41) is 11.2. The first-order valence-corrected chi connectivity index (χ1v) is 5.97. The van der Waals surface area contributed by atoms with Crippen molar-refractivity contribution in [2.24, 2.45) is 0 Å². The third-order valence-corrected chi connectivity index (χ3v) is 2.72. The highest BCUT2D eigenvalue weighted by Crippen LogP contribution is 2.08. The van der Waals surface area contributed by atoms with Gasteiger partial charge < -0.3 is 9.84 Å². The fourth-order valence-corrected chi connectivity index (χ4v) is 1.78. The van der Waals surface area contributed by atoms with E-state index < -0.39 is 0 Å². The van der Waals surface area contributed by atoms with Crippen molar-refractivity contribution in [1.29, 1.82) is 0 Å². The first-order valence-electron chi connectivity index (χ1n) is 5.97. The lowest BCUT2D eigenvalue weighted by molar-refractivity contribution is 0.407. The summed E-state index contributed by atoms with van der Waals surface area (Å²) in [4.78, 5) is 3.94. The molecule has 0 fully saturated rings. The molecule has 2 aromatic heterocycles. The predicted molar refractivity (Wildman–Crippen MR) is 68.4 cm³/mol. The van der Waals surface area contributed by atoms with Gasteiger partial charge in [0, 0.05) is 18.9 Å². The van der Waals surface area contributed by atoms with Crippen LogP contribution in [0.2, 0.25) is 0 Å². The number of nitrogens with zero attached hydrogens (tertiary/aromatic N) is 4. The Morgan fingerprint density at radius 1 is 1.16 bits per heavy atom. The molecule has 96 valence electrons. The third-order valence-electron chi connectivity index (χ3n) is 2.72. The van der Waals surface area contributed by atoms with Gasteiger partial charge in [-0.15, -0.1) is 0 Å². The van der Waals surface area contributed by atoms with E-state index in [0.29, 0.717) is 12.4 Å². The molecule has 0 atom stereocenters. The minimum Gasteiger partial charge on any atom is -0.343 e. The van der Waals surface area contributed by atoms with Crippen LogP contribution < -0.4 is 5.32 Å². The van der Waals surface area contributed by atoms with Crippen LogP contribution in [0.1, 0.15) is 11.4 Å². The first-order chi connectivity index (χ1) is 9.42. The number of nitrogens with one attached hydrogen (secondary N) is 1. The van der Waals surface area contributed by atoms with Crippen LogP contribution in [-0.2, 0) is 13.1 Å². The monoisotopic (exact) mass is 255 g/mol. The molecular formula is C13H13N5O. The Morgan fingerprint density at radius 3 is 2.74 bits per heavy atom. The summed E-state index contributed by atoms with van der Waals surface area (Å²) >= 11 is 0. The summed E-state index contributed by atoms with van der Waals surface area (Å²) in [7, 11) is 0. The Morgan fingerprint density at radius 2 is 2.05 bits per heavy atom. The highest BCUT2D eigenvalue weighted by molar-refractivity contribution is 5.33. The summed E-state index contributed by atoms with van der Waals surface area (Å²) < 4.78 is 6.49. The minimum atomic E-state index is 0.595. The molecule has 0 radical (unpaired) electrons. The molecule has 0 aliphatic carbocycles. The summed E-state index contributed by atoms with van der Waals surface area (Å²) in [5.41, 5.74) is 2.24. The maximum Gasteiger partial charge on any atom is 0.213 e. The van der Waals surface area contributed by atoms with Crippen LogP contribution in [-0.4, -0.2) is 19.9 Å². The van der Waals surface area contributed by atoms with Crippen molar-refractivity contribution in [2.45, 2.75) is 13.1 Å². The van der Waals surface area contributed by atoms with E-state index in [1.807, 2.05) is 29.1 Å². The molecule has 3 rings (SSSR count). The van der Waals surface area contributed by atoms with Crippen LogP contribution in [0.15, 0.2) is 53.6 Å². The van der Waals surface area contributed by atoms with Crippen molar-refractivity contribution in [1.82, 2.24) is 25.2 Å². The van der Waals surface area contributed by atoms with E-state index in [4.69, 9.17) is 0 Å². The van der Waals surface area contributed by atoms with Gasteiger partial charge in [-0.1, -0.05) is 17.3 Å². The second-order valence-electron chi connectivity index (χ2n) is 4.07. The topological polar surface area (TPSA) is 68.8 Å². The molecule has 6 heteroatoms. The normalized spacial score (nSPS) is 10.7. The lowest BCUT2D eigenvalue weighted by Gasteiger charge is -2.05. The molecule has 6 nitrogen and oxygen atoms in total. The van der Waals surface area contributed by atoms with Gasteiger partial charge in [0.25, 0.3) is 0 Å². The molecule has 0 saturated carbocycles. The van der Waals surface area contributed by atoms with E-state index >= 15 is 0 Å². The van der Waals surface area contributed by atoms with Crippen molar-refractivity contribution in [3.63, 3.8) is 0 Å². The molecule has 1 N–H and O–H groups in total. The van der Waals surface area contributed by atoms with E-state index in [9.17, 15) is 0 Å². The zero-order chi connectivity index (χ0) is 12.9. The highest BCUT2D eigenvalue weighted by Gasteiger charge is 1.99. The molecule has 0 aliphatic rings. The fourth-order valence-electron chi connectivity index (χ4n) is 1.78. The van der Waals surface area contributed by atoms with Gasteiger partial charge in [0.1, 0.15) is 0 Å².